The number of hydrazine groups is 1. The van der Waals surface area contributed by atoms with Crippen molar-refractivity contribution in [3.05, 3.63) is 18.2 Å². The first-order valence-electron chi connectivity index (χ1n) is 5.98. The van der Waals surface area contributed by atoms with Crippen LogP contribution in [0, 0.1) is 0 Å². The third-order valence-electron chi connectivity index (χ3n) is 2.59. The van der Waals surface area contributed by atoms with Crippen LogP contribution >= 0.6 is 11.8 Å². The third kappa shape index (κ3) is 5.57. The van der Waals surface area contributed by atoms with Crippen molar-refractivity contribution in [2.45, 2.75) is 44.4 Å². The Morgan fingerprint density at radius 3 is 2.71 bits per heavy atom. The van der Waals surface area contributed by atoms with E-state index in [1.165, 1.54) is 0 Å². The van der Waals surface area contributed by atoms with Crippen LogP contribution in [0.25, 0.3) is 0 Å². The minimum atomic E-state index is 0.290. The lowest BCUT2D eigenvalue weighted by Gasteiger charge is -2.22. The first kappa shape index (κ1) is 14.5. The highest BCUT2D eigenvalue weighted by molar-refractivity contribution is 8.00. The molecular weight excluding hydrogens is 232 g/mol. The molecule has 1 rings (SSSR count). The Morgan fingerprint density at radius 1 is 1.53 bits per heavy atom. The van der Waals surface area contributed by atoms with E-state index in [-0.39, 0.29) is 0 Å². The Balaban J connectivity index is 2.35. The lowest BCUT2D eigenvalue weighted by molar-refractivity contribution is 0.526. The fourth-order valence-corrected chi connectivity index (χ4v) is 2.47. The highest BCUT2D eigenvalue weighted by Gasteiger charge is 2.15. The maximum atomic E-state index is 5.59. The molecule has 1 atom stereocenters. The van der Waals surface area contributed by atoms with Crippen LogP contribution in [0.1, 0.15) is 33.0 Å². The largest absolute Gasteiger partial charge is 0.338 e. The van der Waals surface area contributed by atoms with Crippen molar-refractivity contribution < 1.29 is 0 Å². The second kappa shape index (κ2) is 6.42. The lowest BCUT2D eigenvalue weighted by atomic mass is 10.2. The molecule has 1 aromatic rings. The van der Waals surface area contributed by atoms with E-state index in [0.717, 1.165) is 24.4 Å². The molecule has 0 radical (unpaired) electrons. The molecule has 0 amide bonds. The number of hydrogen-bond donors (Lipinski definition) is 2. The first-order chi connectivity index (χ1) is 7.92. The quantitative estimate of drug-likeness (QED) is 0.601. The summed E-state index contributed by atoms with van der Waals surface area (Å²) >= 11 is 1.94. The fraction of sp³-hybridized carbons (Fsp3) is 0.750. The minimum absolute atomic E-state index is 0.290. The van der Waals surface area contributed by atoms with Crippen molar-refractivity contribution >= 4 is 11.8 Å². The van der Waals surface area contributed by atoms with Crippen LogP contribution < -0.4 is 11.3 Å². The van der Waals surface area contributed by atoms with Gasteiger partial charge in [-0.1, -0.05) is 20.8 Å². The van der Waals surface area contributed by atoms with Gasteiger partial charge in [-0.2, -0.15) is 11.8 Å². The highest BCUT2D eigenvalue weighted by atomic mass is 32.2. The molecular formula is C12H24N4S. The molecule has 0 aliphatic heterocycles. The monoisotopic (exact) mass is 256 g/mol. The van der Waals surface area contributed by atoms with E-state index in [1.807, 2.05) is 31.2 Å². The average molecular weight is 256 g/mol. The zero-order chi connectivity index (χ0) is 12.9. The van der Waals surface area contributed by atoms with Gasteiger partial charge in [-0.05, 0) is 6.42 Å². The van der Waals surface area contributed by atoms with Crippen molar-refractivity contribution in [2.75, 3.05) is 5.75 Å². The Labute approximate surface area is 108 Å². The summed E-state index contributed by atoms with van der Waals surface area (Å²) in [5.41, 5.74) is 2.90. The topological polar surface area (TPSA) is 55.9 Å². The van der Waals surface area contributed by atoms with Crippen LogP contribution in [-0.4, -0.2) is 26.1 Å². The van der Waals surface area contributed by atoms with Crippen molar-refractivity contribution in [2.24, 2.45) is 12.9 Å². The van der Waals surface area contributed by atoms with Crippen LogP contribution in [0.4, 0.5) is 0 Å². The molecule has 1 unspecified atom stereocenters. The number of rotatable bonds is 6. The zero-order valence-corrected chi connectivity index (χ0v) is 12.0. The number of thioether (sulfide) groups is 1. The number of nitrogens with two attached hydrogens (primary N) is 1. The molecule has 0 bridgehead atoms. The lowest BCUT2D eigenvalue weighted by Crippen LogP contribution is -2.38. The van der Waals surface area contributed by atoms with Crippen molar-refractivity contribution in [1.82, 2.24) is 15.0 Å². The fourth-order valence-electron chi connectivity index (χ4n) is 1.51. The van der Waals surface area contributed by atoms with Crippen molar-refractivity contribution in [3.8, 4) is 0 Å². The van der Waals surface area contributed by atoms with Crippen LogP contribution in [0.3, 0.4) is 0 Å². The predicted octanol–water partition coefficient (Wildman–Crippen LogP) is 1.72. The molecule has 3 N–H and O–H groups in total. The molecule has 0 aromatic carbocycles. The Bertz CT molecular complexity index is 329. The number of nitrogens with one attached hydrogen (secondary N) is 1. The smallest absolute Gasteiger partial charge is 0.108 e. The van der Waals surface area contributed by atoms with Gasteiger partial charge in [-0.3, -0.25) is 11.3 Å². The average Bonchev–Trinajstić information content (AvgIpc) is 2.63. The second-order valence-corrected chi connectivity index (χ2v) is 7.13. The molecule has 4 nitrogen and oxygen atoms in total. The third-order valence-corrected chi connectivity index (χ3v) is 4.03. The first-order valence-corrected chi connectivity index (χ1v) is 6.97. The van der Waals surface area contributed by atoms with Gasteiger partial charge in [-0.15, -0.1) is 0 Å². The van der Waals surface area contributed by atoms with E-state index >= 15 is 0 Å². The standard InChI is InChI=1S/C12H24N4S/c1-12(2,3)17-9-10(15-13)5-6-11-14-7-8-16(11)4/h7-8,10,15H,5-6,9,13H2,1-4H3. The molecule has 1 heterocycles. The van der Waals surface area contributed by atoms with E-state index in [4.69, 9.17) is 5.84 Å². The van der Waals surface area contributed by atoms with Crippen molar-refractivity contribution in [3.63, 3.8) is 0 Å². The summed E-state index contributed by atoms with van der Waals surface area (Å²) in [5.74, 6) is 7.74. The van der Waals surface area contributed by atoms with E-state index in [2.05, 4.69) is 35.7 Å². The van der Waals surface area contributed by atoms with Gasteiger partial charge in [0.1, 0.15) is 5.82 Å². The number of aryl methyl sites for hydroxylation is 2. The maximum absolute atomic E-state index is 5.59. The summed E-state index contributed by atoms with van der Waals surface area (Å²) in [6, 6.07) is 0.343. The predicted molar refractivity (Wildman–Crippen MR) is 74.9 cm³/mol. The molecule has 0 aliphatic rings. The molecule has 5 heteroatoms. The summed E-state index contributed by atoms with van der Waals surface area (Å²) in [7, 11) is 2.02. The van der Waals surface area contributed by atoms with E-state index in [1.54, 1.807) is 0 Å². The van der Waals surface area contributed by atoms with Gasteiger partial charge in [0, 0.05) is 42.4 Å². The summed E-state index contributed by atoms with van der Waals surface area (Å²) in [4.78, 5) is 4.32. The molecule has 0 spiro atoms. The number of imidazole rings is 1. The molecule has 0 saturated heterocycles. The van der Waals surface area contributed by atoms with Gasteiger partial charge in [0.25, 0.3) is 0 Å². The number of nitrogens with zero attached hydrogens (tertiary/aromatic N) is 2. The maximum Gasteiger partial charge on any atom is 0.108 e. The van der Waals surface area contributed by atoms with Gasteiger partial charge >= 0.3 is 0 Å². The van der Waals surface area contributed by atoms with Gasteiger partial charge in [-0.25, -0.2) is 4.98 Å². The van der Waals surface area contributed by atoms with Crippen molar-refractivity contribution in [1.29, 1.82) is 0 Å². The molecule has 0 saturated carbocycles. The van der Waals surface area contributed by atoms with Gasteiger partial charge in [0.2, 0.25) is 0 Å². The minimum Gasteiger partial charge on any atom is -0.338 e. The Hall–Kier alpha value is -0.520. The normalized spacial score (nSPS) is 13.9. The Morgan fingerprint density at radius 2 is 2.24 bits per heavy atom. The second-order valence-electron chi connectivity index (χ2n) is 5.28. The SMILES string of the molecule is Cn1ccnc1CCC(CSC(C)(C)C)NN. The molecule has 98 valence electrons. The highest BCUT2D eigenvalue weighted by Crippen LogP contribution is 2.24. The van der Waals surface area contributed by atoms with Crippen LogP contribution in [0.5, 0.6) is 0 Å². The van der Waals surface area contributed by atoms with Gasteiger partial charge in [0.15, 0.2) is 0 Å². The summed E-state index contributed by atoms with van der Waals surface area (Å²) < 4.78 is 2.35. The molecule has 0 fully saturated rings. The van der Waals surface area contributed by atoms with Gasteiger partial charge < -0.3 is 4.57 Å². The van der Waals surface area contributed by atoms with E-state index in [0.29, 0.717) is 10.8 Å². The summed E-state index contributed by atoms with van der Waals surface area (Å²) in [6.07, 6.45) is 5.79. The zero-order valence-electron chi connectivity index (χ0n) is 11.2. The van der Waals surface area contributed by atoms with Gasteiger partial charge in [0.05, 0.1) is 0 Å². The number of aromatic nitrogens is 2. The summed E-state index contributed by atoms with van der Waals surface area (Å²) in [5, 5.41) is 0. The van der Waals surface area contributed by atoms with Crippen LogP contribution in [0.2, 0.25) is 0 Å². The van der Waals surface area contributed by atoms with E-state index in [9.17, 15) is 0 Å². The number of hydrogen-bond acceptors (Lipinski definition) is 4. The van der Waals surface area contributed by atoms with Crippen LogP contribution in [0.15, 0.2) is 12.4 Å². The van der Waals surface area contributed by atoms with Crippen LogP contribution in [-0.2, 0) is 13.5 Å². The molecule has 1 aromatic heterocycles. The Kier molecular flexibility index (Phi) is 5.49. The molecule has 0 aliphatic carbocycles. The van der Waals surface area contributed by atoms with E-state index < -0.39 is 0 Å². The summed E-state index contributed by atoms with van der Waals surface area (Å²) in [6.45, 7) is 6.68. The molecule has 17 heavy (non-hydrogen) atoms.